The maximum atomic E-state index is 2.97. The number of hydrogen-bond acceptors (Lipinski definition) is 0. The van der Waals surface area contributed by atoms with Gasteiger partial charge < -0.3 is 0 Å². The van der Waals surface area contributed by atoms with Crippen LogP contribution in [0.15, 0.2) is 216 Å². The van der Waals surface area contributed by atoms with Gasteiger partial charge in [-0.3, -0.25) is 0 Å². The fourth-order valence-electron chi connectivity index (χ4n) is 24.7. The van der Waals surface area contributed by atoms with E-state index < -0.39 is 45.8 Å². The van der Waals surface area contributed by atoms with E-state index in [9.17, 15) is 0 Å². The molecule has 0 aliphatic heterocycles. The molecule has 0 saturated carbocycles. The number of fused-ring (bicyclic) bond motifs is 4. The minimum atomic E-state index is -5.31. The summed E-state index contributed by atoms with van der Waals surface area (Å²) in [5.74, 6) is 0. The summed E-state index contributed by atoms with van der Waals surface area (Å²) in [6.45, 7) is 25.0. The van der Waals surface area contributed by atoms with Gasteiger partial charge in [-0.25, -0.2) is 0 Å². The molecule has 4 unspecified atom stereocenters. The van der Waals surface area contributed by atoms with Gasteiger partial charge in [0.2, 0.25) is 0 Å². The van der Waals surface area contributed by atoms with E-state index in [1.165, 1.54) is 147 Å². The first-order valence-corrected chi connectivity index (χ1v) is 82.2. The predicted octanol–water partition coefficient (Wildman–Crippen LogP) is 27.8. The zero-order chi connectivity index (χ0) is 67.1. The van der Waals surface area contributed by atoms with Crippen LogP contribution in [0.5, 0.6) is 0 Å². The topological polar surface area (TPSA) is 0 Å². The molecule has 4 aliphatic carbocycles. The first kappa shape index (κ1) is 70.7. The molecule has 4 heteroatoms. The van der Waals surface area contributed by atoms with Crippen molar-refractivity contribution in [1.29, 1.82) is 0 Å². The molecule has 4 aliphatic rings. The standard InChI is InChI=1S/4C17H15.C6H12.4C4H9.2CH5Si.2Hf/c4*1-2-13-11-15-9-6-10-16(17(15)12-13)14-7-4-3-5-8-14;1-3-5-6-4-2;4*1-3-4-2;2*1-2;;/h4*3-12H,2H2,1H3;1-6H2;4*1,3-4H2,2H3;2*2H2,1H3;;. The van der Waals surface area contributed by atoms with Gasteiger partial charge in [-0.05, 0) is 0 Å². The quantitative estimate of drug-likeness (QED) is 0.0284. The van der Waals surface area contributed by atoms with Crippen molar-refractivity contribution in [3.05, 3.63) is 261 Å². The van der Waals surface area contributed by atoms with Crippen LogP contribution in [0.2, 0.25) is 38.2 Å². The fraction of sp³-hybridized carbons (Fsp3) is 0.391. The molecule has 0 nitrogen and oxygen atoms in total. The molecule has 502 valence electrons. The molecule has 0 saturated heterocycles. The number of benzene rings is 8. The van der Waals surface area contributed by atoms with Gasteiger partial charge in [0.25, 0.3) is 0 Å². The Bertz CT molecular complexity index is 3680. The third kappa shape index (κ3) is 11.2. The van der Waals surface area contributed by atoms with Crippen molar-refractivity contribution in [3.8, 4) is 44.5 Å². The Kier molecular flexibility index (Phi) is 21.3. The van der Waals surface area contributed by atoms with Crippen LogP contribution in [0.4, 0.5) is 0 Å². The second kappa shape index (κ2) is 28.9. The Morgan fingerprint density at radius 1 is 0.250 bits per heavy atom. The maximum absolute atomic E-state index is 5.31. The van der Waals surface area contributed by atoms with Gasteiger partial charge in [0, 0.05) is 0 Å². The Labute approximate surface area is 581 Å². The van der Waals surface area contributed by atoms with Crippen molar-refractivity contribution >= 4 is 37.7 Å². The molecule has 0 amide bonds. The van der Waals surface area contributed by atoms with Crippen LogP contribution in [-0.2, 0) is 32.4 Å². The van der Waals surface area contributed by atoms with Crippen LogP contribution in [0.25, 0.3) is 68.8 Å². The zero-order valence-electron chi connectivity index (χ0n) is 61.1. The molecular weight excluding hydrogens is 1520 g/mol. The molecule has 0 radical (unpaired) electrons. The summed E-state index contributed by atoms with van der Waals surface area (Å²) in [7, 11) is 0. The SMILES string of the molecule is CCC[CH2][Hf]([CH2]CCC)([CH2]CCCC[CH2][Hf]([CH2]CCC)([CH2]CCC)([SiH2]C)([CH]1C(CC)=Cc2c(-c3ccccc3)cccc21)[CH]1C(CC)=Cc2c(-c3ccccc3)cccc21)([SiH2]C)([CH]1C(CC)=Cc2c(-c3ccccc3)cccc21)[CH]1C(CC)=Cc2c(-c3ccccc3)cccc21. The first-order chi connectivity index (χ1) is 46.9. The summed E-state index contributed by atoms with van der Waals surface area (Å²) in [5, 5.41) is 0. The van der Waals surface area contributed by atoms with Gasteiger partial charge in [0.1, 0.15) is 0 Å². The summed E-state index contributed by atoms with van der Waals surface area (Å²) in [4.78, 5) is 0. The van der Waals surface area contributed by atoms with Crippen molar-refractivity contribution in [2.75, 3.05) is 0 Å². The number of hydrogen-bond donors (Lipinski definition) is 0. The Morgan fingerprint density at radius 2 is 0.469 bits per heavy atom. The van der Waals surface area contributed by atoms with Crippen LogP contribution in [-0.4, -0.2) is 13.4 Å². The summed E-state index contributed by atoms with van der Waals surface area (Å²) in [6, 6.07) is 76.9. The van der Waals surface area contributed by atoms with E-state index >= 15 is 0 Å². The van der Waals surface area contributed by atoms with Crippen molar-refractivity contribution in [2.24, 2.45) is 0 Å². The predicted molar refractivity (Wildman–Crippen MR) is 427 cm³/mol. The number of unbranched alkanes of at least 4 members (excludes halogenated alkanes) is 7. The van der Waals surface area contributed by atoms with E-state index in [0.29, 0.717) is 14.7 Å². The van der Waals surface area contributed by atoms with Crippen molar-refractivity contribution in [1.82, 2.24) is 0 Å². The molecule has 0 fully saturated rings. The second-order valence-electron chi connectivity index (χ2n) is 32.4. The molecule has 8 aromatic carbocycles. The second-order valence-corrected chi connectivity index (χ2v) is 153. The molecule has 0 bridgehead atoms. The summed E-state index contributed by atoms with van der Waals surface area (Å²) >= 11 is -10.6. The Hall–Kier alpha value is -5.11. The van der Waals surface area contributed by atoms with Crippen LogP contribution in [0.3, 0.4) is 0 Å². The third-order valence-corrected chi connectivity index (χ3v) is 195. The summed E-state index contributed by atoms with van der Waals surface area (Å²) < 4.78 is 11.1. The van der Waals surface area contributed by atoms with Crippen LogP contribution >= 0.6 is 0 Å². The van der Waals surface area contributed by atoms with E-state index in [4.69, 9.17) is 0 Å². The fourth-order valence-corrected chi connectivity index (χ4v) is 190. The van der Waals surface area contributed by atoms with Gasteiger partial charge in [-0.2, -0.15) is 0 Å². The van der Waals surface area contributed by atoms with Crippen LogP contribution in [0.1, 0.15) is 217 Å². The molecule has 8 aromatic rings. The Morgan fingerprint density at radius 3 is 0.667 bits per heavy atom. The van der Waals surface area contributed by atoms with Crippen LogP contribution < -0.4 is 0 Å². The monoisotopic (exact) mass is 1640 g/mol. The molecule has 4 atom stereocenters. The van der Waals surface area contributed by atoms with Crippen molar-refractivity contribution in [3.63, 3.8) is 0 Å². The van der Waals surface area contributed by atoms with Gasteiger partial charge in [-0.1, -0.05) is 0 Å². The minimum absolute atomic E-state index is 0.541. The van der Waals surface area contributed by atoms with E-state index in [1.54, 1.807) is 66.8 Å². The van der Waals surface area contributed by atoms with Crippen LogP contribution in [0, 0.1) is 0 Å². The van der Waals surface area contributed by atoms with E-state index in [-0.39, 0.29) is 0 Å². The van der Waals surface area contributed by atoms with Gasteiger partial charge in [0.05, 0.1) is 0 Å². The summed E-state index contributed by atoms with van der Waals surface area (Å²) in [6.07, 6.45) is 31.8. The van der Waals surface area contributed by atoms with Gasteiger partial charge in [-0.15, -0.1) is 0 Å². The van der Waals surface area contributed by atoms with Crippen molar-refractivity contribution < 1.29 is 32.4 Å². The first-order valence-electron chi connectivity index (χ1n) is 39.2. The molecule has 0 aromatic heterocycles. The average molecular weight is 1640 g/mol. The van der Waals surface area contributed by atoms with E-state index in [2.05, 4.69) is 287 Å². The van der Waals surface area contributed by atoms with Crippen molar-refractivity contribution in [2.45, 2.75) is 211 Å². The van der Waals surface area contributed by atoms with Gasteiger partial charge in [0.15, 0.2) is 0 Å². The third-order valence-electron chi connectivity index (χ3n) is 29.0. The number of allylic oxidation sites excluding steroid dienone is 4. The van der Waals surface area contributed by atoms with E-state index in [0.717, 1.165) is 25.7 Å². The average Bonchev–Trinajstić information content (AvgIpc) is 1.17. The molecule has 0 spiro atoms. The summed E-state index contributed by atoms with van der Waals surface area (Å²) in [5.41, 5.74) is 31.7. The Balaban J connectivity index is 1.06. The molecule has 12 rings (SSSR count). The van der Waals surface area contributed by atoms with E-state index in [1.807, 2.05) is 0 Å². The van der Waals surface area contributed by atoms with Gasteiger partial charge >= 0.3 is 587 Å². The molecule has 0 heterocycles. The molecule has 0 N–H and O–H groups in total. The number of rotatable bonds is 33. The molecule has 96 heavy (non-hydrogen) atoms. The zero-order valence-corrected chi connectivity index (χ0v) is 71.1. The molecular formula is C92H118Hf2Si2. The normalized spacial score (nSPS) is 18.9.